The zero-order chi connectivity index (χ0) is 13.5. The van der Waals surface area contributed by atoms with Gasteiger partial charge in [0, 0.05) is 18.7 Å². The maximum Gasteiger partial charge on any atom is 0.239 e. The molecule has 100 valence electrons. The number of carbonyl (C=O) groups excluding carboxylic acids is 1. The van der Waals surface area contributed by atoms with Crippen LogP contribution in [0.3, 0.4) is 0 Å². The van der Waals surface area contributed by atoms with Crippen LogP contribution < -0.4 is 10.2 Å². The molecule has 4 nitrogen and oxygen atoms in total. The van der Waals surface area contributed by atoms with E-state index in [1.807, 2.05) is 24.8 Å². The Balaban J connectivity index is 2.97. The van der Waals surface area contributed by atoms with Gasteiger partial charge in [-0.1, -0.05) is 23.7 Å². The van der Waals surface area contributed by atoms with E-state index < -0.39 is 0 Å². The average molecular weight is 271 g/mol. The fraction of sp³-hybridized carbons (Fsp3) is 0.462. The molecule has 0 aromatic heterocycles. The quantitative estimate of drug-likeness (QED) is 0.829. The molecule has 5 heteroatoms. The first-order chi connectivity index (χ1) is 8.63. The molecule has 0 saturated carbocycles. The largest absolute Gasteiger partial charge is 0.392 e. The Morgan fingerprint density at radius 1 is 1.44 bits per heavy atom. The number of hydrogen-bond donors (Lipinski definition) is 2. The Hall–Kier alpha value is -1.26. The Bertz CT molecular complexity index is 410. The summed E-state index contributed by atoms with van der Waals surface area (Å²) >= 11 is 6.16. The van der Waals surface area contributed by atoms with Crippen molar-refractivity contribution >= 4 is 23.2 Å². The molecular weight excluding hydrogens is 252 g/mol. The van der Waals surface area contributed by atoms with E-state index in [0.717, 1.165) is 11.3 Å². The van der Waals surface area contributed by atoms with Gasteiger partial charge in [-0.3, -0.25) is 4.79 Å². The molecule has 0 spiro atoms. The van der Waals surface area contributed by atoms with Crippen LogP contribution in [0.4, 0.5) is 5.69 Å². The van der Waals surface area contributed by atoms with Gasteiger partial charge in [0.2, 0.25) is 5.91 Å². The number of aliphatic hydroxyl groups excluding tert-OH is 1. The number of anilines is 1. The number of amides is 1. The SMILES string of the molecule is CCNC(=O)CN(CC)c1c(Cl)cccc1CO. The zero-order valence-electron chi connectivity index (χ0n) is 10.7. The molecule has 0 aliphatic carbocycles. The van der Waals surface area contributed by atoms with E-state index in [1.54, 1.807) is 12.1 Å². The predicted molar refractivity (Wildman–Crippen MR) is 73.9 cm³/mol. The predicted octanol–water partition coefficient (Wildman–Crippen LogP) is 1.79. The summed E-state index contributed by atoms with van der Waals surface area (Å²) in [6.45, 7) is 5.22. The summed E-state index contributed by atoms with van der Waals surface area (Å²) in [4.78, 5) is 13.5. The topological polar surface area (TPSA) is 52.6 Å². The molecular formula is C13H19ClN2O2. The van der Waals surface area contributed by atoms with Crippen LogP contribution in [0.2, 0.25) is 5.02 Å². The summed E-state index contributed by atoms with van der Waals surface area (Å²) in [5.74, 6) is -0.0526. The summed E-state index contributed by atoms with van der Waals surface area (Å²) in [6, 6.07) is 5.36. The Kier molecular flexibility index (Phi) is 5.95. The fourth-order valence-electron chi connectivity index (χ4n) is 1.82. The van der Waals surface area contributed by atoms with Crippen LogP contribution in [0.15, 0.2) is 18.2 Å². The maximum absolute atomic E-state index is 11.6. The lowest BCUT2D eigenvalue weighted by Gasteiger charge is -2.25. The number of likely N-dealkylation sites (N-methyl/N-ethyl adjacent to an activating group) is 2. The van der Waals surface area contributed by atoms with E-state index in [1.165, 1.54) is 0 Å². The van der Waals surface area contributed by atoms with Crippen LogP contribution >= 0.6 is 11.6 Å². The van der Waals surface area contributed by atoms with Gasteiger partial charge in [-0.15, -0.1) is 0 Å². The van der Waals surface area contributed by atoms with E-state index in [-0.39, 0.29) is 19.1 Å². The molecule has 0 aliphatic heterocycles. The highest BCUT2D eigenvalue weighted by Gasteiger charge is 2.15. The van der Waals surface area contributed by atoms with Crippen molar-refractivity contribution in [2.45, 2.75) is 20.5 Å². The van der Waals surface area contributed by atoms with Gasteiger partial charge >= 0.3 is 0 Å². The van der Waals surface area contributed by atoms with Gasteiger partial charge in [0.05, 0.1) is 23.9 Å². The summed E-state index contributed by atoms with van der Waals surface area (Å²) in [7, 11) is 0. The molecule has 0 aliphatic rings. The third-order valence-corrected chi connectivity index (χ3v) is 2.95. The molecule has 0 unspecified atom stereocenters. The number of nitrogens with one attached hydrogen (secondary N) is 1. The van der Waals surface area contributed by atoms with Crippen LogP contribution in [-0.2, 0) is 11.4 Å². The summed E-state index contributed by atoms with van der Waals surface area (Å²) < 4.78 is 0. The Labute approximate surface area is 113 Å². The molecule has 0 fully saturated rings. The second kappa shape index (κ2) is 7.24. The number of carbonyl (C=O) groups is 1. The van der Waals surface area contributed by atoms with Crippen LogP contribution in [0.25, 0.3) is 0 Å². The van der Waals surface area contributed by atoms with Gasteiger partial charge in [-0.25, -0.2) is 0 Å². The lowest BCUT2D eigenvalue weighted by Crippen LogP contribution is -2.37. The van der Waals surface area contributed by atoms with E-state index in [9.17, 15) is 9.90 Å². The van der Waals surface area contributed by atoms with Crippen molar-refractivity contribution in [2.75, 3.05) is 24.5 Å². The average Bonchev–Trinajstić information content (AvgIpc) is 2.36. The van der Waals surface area contributed by atoms with Gasteiger partial charge in [-0.2, -0.15) is 0 Å². The number of halogens is 1. The minimum absolute atomic E-state index is 0.0526. The highest BCUT2D eigenvalue weighted by molar-refractivity contribution is 6.33. The Morgan fingerprint density at radius 3 is 2.72 bits per heavy atom. The monoisotopic (exact) mass is 270 g/mol. The van der Waals surface area contributed by atoms with Crippen LogP contribution in [-0.4, -0.2) is 30.6 Å². The van der Waals surface area contributed by atoms with E-state index in [2.05, 4.69) is 5.32 Å². The Morgan fingerprint density at radius 2 is 2.17 bits per heavy atom. The molecule has 0 atom stereocenters. The third kappa shape index (κ3) is 3.62. The van der Waals surface area contributed by atoms with Gasteiger partial charge in [0.25, 0.3) is 0 Å². The van der Waals surface area contributed by atoms with Crippen molar-refractivity contribution in [3.05, 3.63) is 28.8 Å². The van der Waals surface area contributed by atoms with Crippen LogP contribution in [0.5, 0.6) is 0 Å². The van der Waals surface area contributed by atoms with Crippen molar-refractivity contribution in [1.82, 2.24) is 5.32 Å². The number of benzene rings is 1. The molecule has 0 radical (unpaired) electrons. The van der Waals surface area contributed by atoms with E-state index in [0.29, 0.717) is 18.1 Å². The number of hydrogen-bond acceptors (Lipinski definition) is 3. The van der Waals surface area contributed by atoms with Gasteiger partial charge in [0.1, 0.15) is 0 Å². The van der Waals surface area contributed by atoms with Crippen molar-refractivity contribution in [2.24, 2.45) is 0 Å². The smallest absolute Gasteiger partial charge is 0.239 e. The van der Waals surface area contributed by atoms with Gasteiger partial charge in [0.15, 0.2) is 0 Å². The molecule has 18 heavy (non-hydrogen) atoms. The standard InChI is InChI=1S/C13H19ClN2O2/c1-3-15-12(18)8-16(4-2)13-10(9-17)6-5-7-11(13)14/h5-7,17H,3-4,8-9H2,1-2H3,(H,15,18). The molecule has 1 rings (SSSR count). The molecule has 0 saturated heterocycles. The highest BCUT2D eigenvalue weighted by Crippen LogP contribution is 2.29. The van der Waals surface area contributed by atoms with Gasteiger partial charge < -0.3 is 15.3 Å². The first kappa shape index (κ1) is 14.8. The third-order valence-electron chi connectivity index (χ3n) is 2.65. The van der Waals surface area contributed by atoms with Crippen molar-refractivity contribution in [3.8, 4) is 0 Å². The van der Waals surface area contributed by atoms with E-state index >= 15 is 0 Å². The molecule has 0 heterocycles. The molecule has 1 amide bonds. The first-order valence-corrected chi connectivity index (χ1v) is 6.41. The number of nitrogens with zero attached hydrogens (tertiary/aromatic N) is 1. The second-order valence-electron chi connectivity index (χ2n) is 3.87. The fourth-order valence-corrected chi connectivity index (χ4v) is 2.13. The summed E-state index contributed by atoms with van der Waals surface area (Å²) in [5, 5.41) is 12.6. The normalized spacial score (nSPS) is 10.2. The minimum atomic E-state index is -0.0954. The van der Waals surface area contributed by atoms with Gasteiger partial charge in [-0.05, 0) is 19.9 Å². The number of para-hydroxylation sites is 1. The lowest BCUT2D eigenvalue weighted by molar-refractivity contribution is -0.119. The number of rotatable bonds is 6. The maximum atomic E-state index is 11.6. The van der Waals surface area contributed by atoms with Crippen molar-refractivity contribution in [3.63, 3.8) is 0 Å². The summed E-state index contributed by atoms with van der Waals surface area (Å²) in [5.41, 5.74) is 1.46. The molecule has 1 aromatic rings. The minimum Gasteiger partial charge on any atom is -0.392 e. The number of aliphatic hydroxyl groups is 1. The van der Waals surface area contributed by atoms with Crippen LogP contribution in [0, 0.1) is 0 Å². The molecule has 1 aromatic carbocycles. The highest BCUT2D eigenvalue weighted by atomic mass is 35.5. The van der Waals surface area contributed by atoms with Crippen LogP contribution in [0.1, 0.15) is 19.4 Å². The molecule has 2 N–H and O–H groups in total. The second-order valence-corrected chi connectivity index (χ2v) is 4.28. The van der Waals surface area contributed by atoms with Crippen molar-refractivity contribution in [1.29, 1.82) is 0 Å². The van der Waals surface area contributed by atoms with E-state index in [4.69, 9.17) is 11.6 Å². The molecule has 0 bridgehead atoms. The first-order valence-electron chi connectivity index (χ1n) is 6.03. The lowest BCUT2D eigenvalue weighted by atomic mass is 10.1. The van der Waals surface area contributed by atoms with Crippen molar-refractivity contribution < 1.29 is 9.90 Å². The zero-order valence-corrected chi connectivity index (χ0v) is 11.5. The summed E-state index contributed by atoms with van der Waals surface area (Å²) in [6.07, 6.45) is 0.